The molecule has 0 aromatic carbocycles. The molecule has 0 fully saturated rings. The van der Waals surface area contributed by atoms with Gasteiger partial charge in [0.25, 0.3) is 0 Å². The van der Waals surface area contributed by atoms with Crippen LogP contribution in [-0.2, 0) is 0 Å². The van der Waals surface area contributed by atoms with E-state index in [0.717, 1.165) is 5.69 Å². The number of Topliss-reactive ketones (excluding diaryl/α,β-unsaturated/α-hetero) is 1. The van der Waals surface area contributed by atoms with Crippen molar-refractivity contribution in [3.05, 3.63) is 28.5 Å². The molecule has 2 nitrogen and oxygen atoms in total. The molecule has 0 spiro atoms. The van der Waals surface area contributed by atoms with Crippen LogP contribution in [0.25, 0.3) is 0 Å². The predicted molar refractivity (Wildman–Crippen MR) is 53.2 cm³/mol. The summed E-state index contributed by atoms with van der Waals surface area (Å²) in [5, 5.41) is 0.548. The summed E-state index contributed by atoms with van der Waals surface area (Å²) in [5.41, 5.74) is 1.34. The first-order chi connectivity index (χ1) is 6.02. The second kappa shape index (κ2) is 3.88. The van der Waals surface area contributed by atoms with Crippen LogP contribution in [0.5, 0.6) is 0 Å². The van der Waals surface area contributed by atoms with E-state index < -0.39 is 0 Å². The first-order valence-electron chi connectivity index (χ1n) is 4.18. The topological polar surface area (TPSA) is 30.0 Å². The van der Waals surface area contributed by atoms with E-state index in [1.165, 1.54) is 0 Å². The number of hydrogen-bond donors (Lipinski definition) is 0. The largest absolute Gasteiger partial charge is 0.294 e. The van der Waals surface area contributed by atoms with Gasteiger partial charge in [0.1, 0.15) is 0 Å². The van der Waals surface area contributed by atoms with Crippen LogP contribution < -0.4 is 0 Å². The maximum atomic E-state index is 11.5. The minimum atomic E-state index is -0.0134. The fraction of sp³-hybridized carbons (Fsp3) is 0.400. The molecule has 13 heavy (non-hydrogen) atoms. The van der Waals surface area contributed by atoms with Crippen LogP contribution in [0, 0.1) is 12.8 Å². The van der Waals surface area contributed by atoms with E-state index in [4.69, 9.17) is 11.6 Å². The van der Waals surface area contributed by atoms with Gasteiger partial charge in [0, 0.05) is 17.7 Å². The average molecular weight is 198 g/mol. The van der Waals surface area contributed by atoms with Crippen molar-refractivity contribution in [1.29, 1.82) is 0 Å². The van der Waals surface area contributed by atoms with Crippen molar-refractivity contribution in [2.75, 3.05) is 0 Å². The summed E-state index contributed by atoms with van der Waals surface area (Å²) in [6.45, 7) is 5.53. The second-order valence-corrected chi connectivity index (χ2v) is 3.72. The molecule has 1 rings (SSSR count). The van der Waals surface area contributed by atoms with Crippen molar-refractivity contribution in [2.45, 2.75) is 20.8 Å². The summed E-state index contributed by atoms with van der Waals surface area (Å²) in [6, 6.07) is 1.67. The summed E-state index contributed by atoms with van der Waals surface area (Å²) in [6.07, 6.45) is 1.57. The van der Waals surface area contributed by atoms with E-state index in [2.05, 4.69) is 4.98 Å². The van der Waals surface area contributed by atoms with Gasteiger partial charge < -0.3 is 0 Å². The number of aromatic nitrogens is 1. The molecule has 1 heterocycles. The van der Waals surface area contributed by atoms with Crippen LogP contribution in [0.3, 0.4) is 0 Å². The molecule has 0 aliphatic heterocycles. The Hall–Kier alpha value is -0.890. The normalized spacial score (nSPS) is 10.5. The lowest BCUT2D eigenvalue weighted by molar-refractivity contribution is 0.0939. The SMILES string of the molecule is Cc1ncc(C(=O)C(C)C)cc1Cl. The zero-order chi connectivity index (χ0) is 10.0. The van der Waals surface area contributed by atoms with Crippen molar-refractivity contribution in [2.24, 2.45) is 5.92 Å². The van der Waals surface area contributed by atoms with Gasteiger partial charge in [-0.1, -0.05) is 25.4 Å². The lowest BCUT2D eigenvalue weighted by Gasteiger charge is -2.04. The lowest BCUT2D eigenvalue weighted by atomic mass is 10.0. The summed E-state index contributed by atoms with van der Waals surface area (Å²) in [7, 11) is 0. The van der Waals surface area contributed by atoms with Gasteiger partial charge in [0.2, 0.25) is 0 Å². The second-order valence-electron chi connectivity index (χ2n) is 3.31. The molecule has 1 aromatic rings. The van der Waals surface area contributed by atoms with Gasteiger partial charge >= 0.3 is 0 Å². The van der Waals surface area contributed by atoms with Crippen LogP contribution in [0.4, 0.5) is 0 Å². The zero-order valence-corrected chi connectivity index (χ0v) is 8.72. The van der Waals surface area contributed by atoms with Crippen molar-refractivity contribution in [3.8, 4) is 0 Å². The molecular formula is C10H12ClNO. The zero-order valence-electron chi connectivity index (χ0n) is 7.97. The molecule has 0 bridgehead atoms. The molecule has 0 unspecified atom stereocenters. The summed E-state index contributed by atoms with van der Waals surface area (Å²) < 4.78 is 0. The monoisotopic (exact) mass is 197 g/mol. The quantitative estimate of drug-likeness (QED) is 0.683. The molecule has 0 aliphatic carbocycles. The Morgan fingerprint density at radius 2 is 2.15 bits per heavy atom. The number of rotatable bonds is 2. The van der Waals surface area contributed by atoms with Gasteiger partial charge in [-0.05, 0) is 13.0 Å². The average Bonchev–Trinajstić information content (AvgIpc) is 2.08. The minimum Gasteiger partial charge on any atom is -0.294 e. The van der Waals surface area contributed by atoms with Crippen molar-refractivity contribution >= 4 is 17.4 Å². The number of nitrogens with zero attached hydrogens (tertiary/aromatic N) is 1. The van der Waals surface area contributed by atoms with Crippen molar-refractivity contribution in [3.63, 3.8) is 0 Å². The molecule has 1 aromatic heterocycles. The smallest absolute Gasteiger partial charge is 0.166 e. The van der Waals surface area contributed by atoms with Crippen LogP contribution in [0.1, 0.15) is 29.9 Å². The Morgan fingerprint density at radius 1 is 1.54 bits per heavy atom. The van der Waals surface area contributed by atoms with Gasteiger partial charge in [-0.2, -0.15) is 0 Å². The van der Waals surface area contributed by atoms with E-state index in [0.29, 0.717) is 10.6 Å². The van der Waals surface area contributed by atoms with Gasteiger partial charge in [-0.25, -0.2) is 0 Å². The molecule has 0 saturated carbocycles. The van der Waals surface area contributed by atoms with E-state index in [1.54, 1.807) is 12.3 Å². The minimum absolute atomic E-state index is 0.0134. The fourth-order valence-electron chi connectivity index (χ4n) is 0.974. The van der Waals surface area contributed by atoms with Crippen LogP contribution in [0.15, 0.2) is 12.3 Å². The number of carbonyl (C=O) groups is 1. The summed E-state index contributed by atoms with van der Waals surface area (Å²) >= 11 is 5.85. The molecule has 0 saturated heterocycles. The molecular weight excluding hydrogens is 186 g/mol. The van der Waals surface area contributed by atoms with Gasteiger partial charge in [-0.3, -0.25) is 9.78 Å². The third-order valence-electron chi connectivity index (χ3n) is 1.83. The van der Waals surface area contributed by atoms with Crippen LogP contribution in [-0.4, -0.2) is 10.8 Å². The number of aryl methyl sites for hydroxylation is 1. The van der Waals surface area contributed by atoms with E-state index in [-0.39, 0.29) is 11.7 Å². The number of pyridine rings is 1. The van der Waals surface area contributed by atoms with Gasteiger partial charge in [0.05, 0.1) is 10.7 Å². The number of halogens is 1. The maximum absolute atomic E-state index is 11.5. The number of hydrogen-bond acceptors (Lipinski definition) is 2. The van der Waals surface area contributed by atoms with Gasteiger partial charge in [-0.15, -0.1) is 0 Å². The lowest BCUT2D eigenvalue weighted by Crippen LogP contribution is -2.08. The molecule has 0 amide bonds. The summed E-state index contributed by atoms with van der Waals surface area (Å²) in [4.78, 5) is 15.5. The Morgan fingerprint density at radius 3 is 2.62 bits per heavy atom. The molecule has 0 N–H and O–H groups in total. The first-order valence-corrected chi connectivity index (χ1v) is 4.56. The summed E-state index contributed by atoms with van der Waals surface area (Å²) in [5.74, 6) is 0.0648. The number of ketones is 1. The highest BCUT2D eigenvalue weighted by Gasteiger charge is 2.11. The van der Waals surface area contributed by atoms with Crippen LogP contribution >= 0.6 is 11.6 Å². The Labute approximate surface area is 82.9 Å². The molecule has 3 heteroatoms. The third-order valence-corrected chi connectivity index (χ3v) is 2.22. The molecule has 0 radical (unpaired) electrons. The Bertz CT molecular complexity index is 334. The van der Waals surface area contributed by atoms with Crippen molar-refractivity contribution < 1.29 is 4.79 Å². The Balaban J connectivity index is 3.04. The van der Waals surface area contributed by atoms with Crippen LogP contribution in [0.2, 0.25) is 5.02 Å². The maximum Gasteiger partial charge on any atom is 0.166 e. The highest BCUT2D eigenvalue weighted by atomic mass is 35.5. The number of carbonyl (C=O) groups excluding carboxylic acids is 1. The van der Waals surface area contributed by atoms with E-state index in [1.807, 2.05) is 20.8 Å². The first kappa shape index (κ1) is 10.2. The third kappa shape index (κ3) is 2.28. The van der Waals surface area contributed by atoms with Crippen molar-refractivity contribution in [1.82, 2.24) is 4.98 Å². The van der Waals surface area contributed by atoms with Gasteiger partial charge in [0.15, 0.2) is 5.78 Å². The molecule has 70 valence electrons. The highest BCUT2D eigenvalue weighted by molar-refractivity contribution is 6.31. The van der Waals surface area contributed by atoms with E-state index in [9.17, 15) is 4.79 Å². The van der Waals surface area contributed by atoms with E-state index >= 15 is 0 Å². The standard InChI is InChI=1S/C10H12ClNO/c1-6(2)10(13)8-4-9(11)7(3)12-5-8/h4-6H,1-3H3. The molecule has 0 aliphatic rings. The molecule has 0 atom stereocenters. The fourth-order valence-corrected chi connectivity index (χ4v) is 1.14. The Kier molecular flexibility index (Phi) is 3.04. The highest BCUT2D eigenvalue weighted by Crippen LogP contribution is 2.16. The predicted octanol–water partition coefficient (Wildman–Crippen LogP) is 2.88.